The molecule has 1 aromatic carbocycles. The van der Waals surface area contributed by atoms with Crippen molar-refractivity contribution in [1.29, 1.82) is 0 Å². The molecule has 0 atom stereocenters. The Morgan fingerprint density at radius 3 is 2.48 bits per heavy atom. The molecule has 0 unspecified atom stereocenters. The molecule has 2 N–H and O–H groups in total. The minimum atomic E-state index is -3.76. The summed E-state index contributed by atoms with van der Waals surface area (Å²) in [6.45, 7) is 2.66. The number of carbonyl (C=O) groups is 1. The molecule has 0 radical (unpaired) electrons. The molecule has 0 fully saturated rings. The summed E-state index contributed by atoms with van der Waals surface area (Å²) < 4.78 is 33.8. The first kappa shape index (κ1) is 23.2. The van der Waals surface area contributed by atoms with Gasteiger partial charge in [-0.2, -0.15) is 4.31 Å². The number of halogens is 1. The molecule has 0 saturated heterocycles. The normalized spacial score (nSPS) is 11.3. The van der Waals surface area contributed by atoms with Crippen LogP contribution in [0, 0.1) is 0 Å². The standard InChI is InChI=1S/C18H25N3O4S.ClH/c1-3-25-18(22)17-13-16(14-20(17)2)26(23,24)21(12-10-19)11-9-15-7-5-4-6-8-15;/h4-8,13-14H,3,9-12,19H2,1-2H3;1H. The molecule has 0 aliphatic carbocycles. The fourth-order valence-electron chi connectivity index (χ4n) is 2.63. The van der Waals surface area contributed by atoms with Crippen molar-refractivity contribution >= 4 is 28.4 Å². The lowest BCUT2D eigenvalue weighted by Gasteiger charge is -2.21. The zero-order valence-electron chi connectivity index (χ0n) is 15.5. The first-order valence-corrected chi connectivity index (χ1v) is 9.91. The number of hydrogen-bond acceptors (Lipinski definition) is 5. The number of esters is 1. The van der Waals surface area contributed by atoms with Gasteiger partial charge in [0.05, 0.1) is 6.61 Å². The van der Waals surface area contributed by atoms with Crippen LogP contribution < -0.4 is 5.73 Å². The molecule has 0 amide bonds. The van der Waals surface area contributed by atoms with E-state index < -0.39 is 16.0 Å². The predicted molar refractivity (Wildman–Crippen MR) is 107 cm³/mol. The molecule has 27 heavy (non-hydrogen) atoms. The maximum atomic E-state index is 13.0. The maximum Gasteiger partial charge on any atom is 0.354 e. The summed E-state index contributed by atoms with van der Waals surface area (Å²) in [4.78, 5) is 12.0. The highest BCUT2D eigenvalue weighted by molar-refractivity contribution is 7.89. The van der Waals surface area contributed by atoms with Gasteiger partial charge in [-0.3, -0.25) is 0 Å². The summed E-state index contributed by atoms with van der Waals surface area (Å²) in [5.74, 6) is -0.550. The summed E-state index contributed by atoms with van der Waals surface area (Å²) in [5.41, 5.74) is 6.85. The quantitative estimate of drug-likeness (QED) is 0.630. The van der Waals surface area contributed by atoms with Gasteiger partial charge < -0.3 is 15.0 Å². The van der Waals surface area contributed by atoms with E-state index in [1.54, 1.807) is 14.0 Å². The van der Waals surface area contributed by atoms with Gasteiger partial charge in [0.1, 0.15) is 10.6 Å². The Kier molecular flexibility index (Phi) is 8.98. The highest BCUT2D eigenvalue weighted by atomic mass is 35.5. The number of sulfonamides is 1. The highest BCUT2D eigenvalue weighted by Crippen LogP contribution is 2.19. The molecule has 2 rings (SSSR count). The minimum absolute atomic E-state index is 0. The number of hydrogen-bond donors (Lipinski definition) is 1. The summed E-state index contributed by atoms with van der Waals surface area (Å²) >= 11 is 0. The van der Waals surface area contributed by atoms with Crippen LogP contribution in [-0.4, -0.2) is 49.5 Å². The lowest BCUT2D eigenvalue weighted by Crippen LogP contribution is -2.36. The van der Waals surface area contributed by atoms with Crippen molar-refractivity contribution in [1.82, 2.24) is 8.87 Å². The molecular formula is C18H26ClN3O4S. The van der Waals surface area contributed by atoms with Crippen LogP contribution in [0.3, 0.4) is 0 Å². The van der Waals surface area contributed by atoms with Crippen LogP contribution in [0.1, 0.15) is 23.0 Å². The second-order valence-electron chi connectivity index (χ2n) is 5.82. The zero-order chi connectivity index (χ0) is 19.2. The maximum absolute atomic E-state index is 13.0. The van der Waals surface area contributed by atoms with Crippen LogP contribution in [-0.2, 0) is 28.2 Å². The predicted octanol–water partition coefficient (Wildman–Crippen LogP) is 1.82. The number of benzene rings is 1. The highest BCUT2D eigenvalue weighted by Gasteiger charge is 2.27. The van der Waals surface area contributed by atoms with Gasteiger partial charge in [-0.15, -0.1) is 12.4 Å². The van der Waals surface area contributed by atoms with Crippen molar-refractivity contribution < 1.29 is 17.9 Å². The minimum Gasteiger partial charge on any atom is -0.461 e. The molecular weight excluding hydrogens is 390 g/mol. The number of nitrogens with zero attached hydrogens (tertiary/aromatic N) is 2. The van der Waals surface area contributed by atoms with Crippen molar-refractivity contribution in [2.75, 3.05) is 26.2 Å². The molecule has 1 heterocycles. The van der Waals surface area contributed by atoms with Crippen molar-refractivity contribution in [2.45, 2.75) is 18.2 Å². The molecule has 9 heteroatoms. The van der Waals surface area contributed by atoms with Gasteiger partial charge in [0.25, 0.3) is 0 Å². The summed E-state index contributed by atoms with van der Waals surface area (Å²) in [5, 5.41) is 0. The Bertz CT molecular complexity index is 838. The van der Waals surface area contributed by atoms with Gasteiger partial charge in [0.2, 0.25) is 10.0 Å². The summed E-state index contributed by atoms with van der Waals surface area (Å²) in [7, 11) is -2.15. The number of ether oxygens (including phenoxy) is 1. The van der Waals surface area contributed by atoms with Gasteiger partial charge in [0.15, 0.2) is 0 Å². The first-order chi connectivity index (χ1) is 12.4. The van der Waals surface area contributed by atoms with Gasteiger partial charge in [-0.25, -0.2) is 13.2 Å². The van der Waals surface area contributed by atoms with E-state index in [0.717, 1.165) is 5.56 Å². The van der Waals surface area contributed by atoms with E-state index in [0.29, 0.717) is 13.0 Å². The topological polar surface area (TPSA) is 94.6 Å². The van der Waals surface area contributed by atoms with Gasteiger partial charge in [-0.05, 0) is 25.0 Å². The molecule has 2 aromatic rings. The molecule has 150 valence electrons. The molecule has 0 aliphatic rings. The average Bonchev–Trinajstić information content (AvgIpc) is 3.02. The molecule has 0 aliphatic heterocycles. The van der Waals surface area contributed by atoms with E-state index in [-0.39, 0.29) is 42.7 Å². The zero-order valence-corrected chi connectivity index (χ0v) is 17.1. The Morgan fingerprint density at radius 1 is 1.22 bits per heavy atom. The van der Waals surface area contributed by atoms with Crippen molar-refractivity contribution in [3.8, 4) is 0 Å². The fourth-order valence-corrected chi connectivity index (χ4v) is 4.15. The largest absolute Gasteiger partial charge is 0.461 e. The van der Waals surface area contributed by atoms with Crippen LogP contribution >= 0.6 is 12.4 Å². The van der Waals surface area contributed by atoms with E-state index in [1.165, 1.54) is 21.1 Å². The Hall–Kier alpha value is -1.87. The van der Waals surface area contributed by atoms with E-state index in [4.69, 9.17) is 10.5 Å². The number of aromatic nitrogens is 1. The number of carbonyl (C=O) groups excluding carboxylic acids is 1. The summed E-state index contributed by atoms with van der Waals surface area (Å²) in [6.07, 6.45) is 2.01. The van der Waals surface area contributed by atoms with Gasteiger partial charge in [0, 0.05) is 32.9 Å². The molecule has 1 aromatic heterocycles. The SMILES string of the molecule is CCOC(=O)c1cc(S(=O)(=O)N(CCN)CCc2ccccc2)cn1C.Cl. The Morgan fingerprint density at radius 2 is 1.89 bits per heavy atom. The van der Waals surface area contributed by atoms with E-state index in [2.05, 4.69) is 0 Å². The van der Waals surface area contributed by atoms with Crippen molar-refractivity contribution in [3.63, 3.8) is 0 Å². The fraction of sp³-hybridized carbons (Fsp3) is 0.389. The van der Waals surface area contributed by atoms with Gasteiger partial charge in [-0.1, -0.05) is 30.3 Å². The lowest BCUT2D eigenvalue weighted by atomic mass is 10.1. The van der Waals surface area contributed by atoms with Crippen molar-refractivity contribution in [2.24, 2.45) is 12.8 Å². The van der Waals surface area contributed by atoms with E-state index >= 15 is 0 Å². The van der Waals surface area contributed by atoms with Crippen molar-refractivity contribution in [3.05, 3.63) is 53.9 Å². The lowest BCUT2D eigenvalue weighted by molar-refractivity contribution is 0.0515. The molecule has 7 nitrogen and oxygen atoms in total. The molecule has 0 saturated carbocycles. The molecule has 0 bridgehead atoms. The molecule has 0 spiro atoms. The summed E-state index contributed by atoms with van der Waals surface area (Å²) in [6, 6.07) is 11.0. The number of nitrogens with two attached hydrogens (primary N) is 1. The third-order valence-corrected chi connectivity index (χ3v) is 5.84. The van der Waals surface area contributed by atoms with Crippen LogP contribution in [0.25, 0.3) is 0 Å². The van der Waals surface area contributed by atoms with Crippen LogP contribution in [0.2, 0.25) is 0 Å². The Labute approximate surface area is 166 Å². The van der Waals surface area contributed by atoms with Gasteiger partial charge >= 0.3 is 5.97 Å². The third-order valence-electron chi connectivity index (χ3n) is 3.97. The third kappa shape index (κ3) is 5.80. The average molecular weight is 416 g/mol. The number of aryl methyl sites for hydroxylation is 1. The van der Waals surface area contributed by atoms with E-state index in [9.17, 15) is 13.2 Å². The van der Waals surface area contributed by atoms with Crippen LogP contribution in [0.4, 0.5) is 0 Å². The first-order valence-electron chi connectivity index (χ1n) is 8.47. The van der Waals surface area contributed by atoms with Crippen LogP contribution in [0.15, 0.2) is 47.5 Å². The second-order valence-corrected chi connectivity index (χ2v) is 7.76. The monoisotopic (exact) mass is 415 g/mol. The number of rotatable bonds is 9. The second kappa shape index (κ2) is 10.5. The Balaban J connectivity index is 0.00000364. The van der Waals surface area contributed by atoms with Crippen LogP contribution in [0.5, 0.6) is 0 Å². The smallest absolute Gasteiger partial charge is 0.354 e. The van der Waals surface area contributed by atoms with E-state index in [1.807, 2.05) is 30.3 Å².